The zero-order valence-electron chi connectivity index (χ0n) is 11.7. The summed E-state index contributed by atoms with van der Waals surface area (Å²) in [6.45, 7) is 0.716. The van der Waals surface area contributed by atoms with Crippen LogP contribution in [-0.4, -0.2) is 34.6 Å². The molecule has 4 heteroatoms. The van der Waals surface area contributed by atoms with Gasteiger partial charge in [-0.2, -0.15) is 0 Å². The van der Waals surface area contributed by atoms with Gasteiger partial charge >= 0.3 is 0 Å². The molecule has 0 saturated heterocycles. The topological polar surface area (TPSA) is 60.8 Å². The Hall–Kier alpha value is -1.71. The molecule has 3 unspecified atom stereocenters. The fourth-order valence-electron chi connectivity index (χ4n) is 3.97. The molecule has 2 bridgehead atoms. The van der Waals surface area contributed by atoms with Gasteiger partial charge < -0.3 is 15.1 Å². The maximum Gasteiger partial charge on any atom is 0.261 e. The normalized spacial score (nSPS) is 27.8. The summed E-state index contributed by atoms with van der Waals surface area (Å²) in [6.07, 6.45) is 5.17. The lowest BCUT2D eigenvalue weighted by Crippen LogP contribution is -2.33. The van der Waals surface area contributed by atoms with Crippen LogP contribution >= 0.6 is 0 Å². The summed E-state index contributed by atoms with van der Waals surface area (Å²) in [5.74, 6) is 1.57. The third-order valence-electron chi connectivity index (χ3n) is 4.97. The Kier molecular flexibility index (Phi) is 3.32. The highest BCUT2D eigenvalue weighted by atomic mass is 16.3. The first-order valence-corrected chi connectivity index (χ1v) is 7.32. The molecule has 0 aromatic heterocycles. The Morgan fingerprint density at radius 2 is 1.95 bits per heavy atom. The van der Waals surface area contributed by atoms with Crippen LogP contribution in [0.2, 0.25) is 0 Å². The average molecular weight is 275 g/mol. The Labute approximate surface area is 119 Å². The number of phenolic OH excluding ortho intramolecular Hbond substituents is 2. The maximum absolute atomic E-state index is 12.4. The molecular weight excluding hydrogens is 254 g/mol. The molecule has 0 aliphatic heterocycles. The second kappa shape index (κ2) is 5.00. The molecule has 1 amide bonds. The molecule has 3 rings (SSSR count). The molecule has 20 heavy (non-hydrogen) atoms. The lowest BCUT2D eigenvalue weighted by atomic mass is 9.88. The van der Waals surface area contributed by atoms with Gasteiger partial charge in [-0.25, -0.2) is 0 Å². The van der Waals surface area contributed by atoms with E-state index in [0.29, 0.717) is 12.5 Å². The van der Waals surface area contributed by atoms with Crippen molar-refractivity contribution in [3.63, 3.8) is 0 Å². The molecule has 1 aromatic carbocycles. The highest BCUT2D eigenvalue weighted by Gasteiger charge is 2.40. The van der Waals surface area contributed by atoms with Crippen molar-refractivity contribution in [3.8, 4) is 11.5 Å². The van der Waals surface area contributed by atoms with Gasteiger partial charge in [0, 0.05) is 13.6 Å². The van der Waals surface area contributed by atoms with Gasteiger partial charge in [0.2, 0.25) is 0 Å². The number of hydrogen-bond donors (Lipinski definition) is 2. The third-order valence-corrected chi connectivity index (χ3v) is 4.97. The molecule has 4 nitrogen and oxygen atoms in total. The summed E-state index contributed by atoms with van der Waals surface area (Å²) < 4.78 is 0. The van der Waals surface area contributed by atoms with Crippen molar-refractivity contribution < 1.29 is 15.0 Å². The zero-order chi connectivity index (χ0) is 14.3. The van der Waals surface area contributed by atoms with E-state index in [4.69, 9.17) is 0 Å². The SMILES string of the molecule is CN(CC1CC2CCC1C2)C(=O)c1c(O)cccc1O. The summed E-state index contributed by atoms with van der Waals surface area (Å²) in [7, 11) is 1.75. The molecular formula is C16H21NO3. The first kappa shape index (κ1) is 13.3. The van der Waals surface area contributed by atoms with Gasteiger partial charge in [0.25, 0.3) is 5.91 Å². The van der Waals surface area contributed by atoms with Crippen LogP contribution in [0.1, 0.15) is 36.0 Å². The Balaban J connectivity index is 1.71. The van der Waals surface area contributed by atoms with Crippen LogP contribution in [0.25, 0.3) is 0 Å². The molecule has 108 valence electrons. The van der Waals surface area contributed by atoms with E-state index in [-0.39, 0.29) is 23.0 Å². The monoisotopic (exact) mass is 275 g/mol. The molecule has 2 N–H and O–H groups in total. The van der Waals surface area contributed by atoms with E-state index in [1.54, 1.807) is 11.9 Å². The van der Waals surface area contributed by atoms with Crippen molar-refractivity contribution >= 4 is 5.91 Å². The van der Waals surface area contributed by atoms with E-state index in [1.807, 2.05) is 0 Å². The van der Waals surface area contributed by atoms with Crippen molar-refractivity contribution in [2.24, 2.45) is 17.8 Å². The number of aromatic hydroxyl groups is 2. The van der Waals surface area contributed by atoms with Crippen molar-refractivity contribution in [3.05, 3.63) is 23.8 Å². The van der Waals surface area contributed by atoms with Gasteiger partial charge in [-0.1, -0.05) is 12.5 Å². The third kappa shape index (κ3) is 2.23. The summed E-state index contributed by atoms with van der Waals surface area (Å²) in [6, 6.07) is 4.38. The second-order valence-electron chi connectivity index (χ2n) is 6.29. The van der Waals surface area contributed by atoms with Crippen LogP contribution in [0.3, 0.4) is 0 Å². The van der Waals surface area contributed by atoms with E-state index >= 15 is 0 Å². The van der Waals surface area contributed by atoms with E-state index in [2.05, 4.69) is 0 Å². The summed E-state index contributed by atoms with van der Waals surface area (Å²) >= 11 is 0. The van der Waals surface area contributed by atoms with Crippen LogP contribution in [0.15, 0.2) is 18.2 Å². The molecule has 2 fully saturated rings. The van der Waals surface area contributed by atoms with Crippen LogP contribution in [0.5, 0.6) is 11.5 Å². The molecule has 0 radical (unpaired) electrons. The fourth-order valence-corrected chi connectivity index (χ4v) is 3.97. The lowest BCUT2D eigenvalue weighted by molar-refractivity contribution is 0.0748. The minimum atomic E-state index is -0.302. The number of carbonyl (C=O) groups is 1. The highest BCUT2D eigenvalue weighted by molar-refractivity contribution is 5.99. The van der Waals surface area contributed by atoms with E-state index < -0.39 is 0 Å². The minimum absolute atomic E-state index is 0.0122. The smallest absolute Gasteiger partial charge is 0.261 e. The molecule has 0 spiro atoms. The van der Waals surface area contributed by atoms with Gasteiger partial charge in [-0.3, -0.25) is 4.79 Å². The second-order valence-corrected chi connectivity index (χ2v) is 6.29. The average Bonchev–Trinajstić information content (AvgIpc) is 3.00. The maximum atomic E-state index is 12.4. The number of rotatable bonds is 3. The molecule has 3 atom stereocenters. The number of amides is 1. The number of hydrogen-bond acceptors (Lipinski definition) is 3. The van der Waals surface area contributed by atoms with Crippen LogP contribution in [0.4, 0.5) is 0 Å². The van der Waals surface area contributed by atoms with Crippen molar-refractivity contribution in [2.45, 2.75) is 25.7 Å². The summed E-state index contributed by atoms with van der Waals surface area (Å²) in [4.78, 5) is 14.0. The largest absolute Gasteiger partial charge is 0.507 e. The van der Waals surface area contributed by atoms with Gasteiger partial charge in [-0.15, -0.1) is 0 Å². The van der Waals surface area contributed by atoms with Gasteiger partial charge in [0.15, 0.2) is 0 Å². The predicted octanol–water partition coefficient (Wildman–Crippen LogP) is 2.61. The molecule has 0 heterocycles. The predicted molar refractivity (Wildman–Crippen MR) is 75.7 cm³/mol. The van der Waals surface area contributed by atoms with Crippen LogP contribution in [-0.2, 0) is 0 Å². The van der Waals surface area contributed by atoms with Gasteiger partial charge in [0.1, 0.15) is 17.1 Å². The number of nitrogens with zero attached hydrogens (tertiary/aromatic N) is 1. The quantitative estimate of drug-likeness (QED) is 0.891. The minimum Gasteiger partial charge on any atom is -0.507 e. The summed E-state index contributed by atoms with van der Waals surface area (Å²) in [5, 5.41) is 19.5. The van der Waals surface area contributed by atoms with Gasteiger partial charge in [-0.05, 0) is 49.1 Å². The Morgan fingerprint density at radius 1 is 1.25 bits per heavy atom. The van der Waals surface area contributed by atoms with E-state index in [1.165, 1.54) is 43.9 Å². The number of carbonyl (C=O) groups excluding carboxylic acids is 1. The number of fused-ring (bicyclic) bond motifs is 2. The molecule has 2 saturated carbocycles. The molecule has 2 aliphatic carbocycles. The van der Waals surface area contributed by atoms with Gasteiger partial charge in [0.05, 0.1) is 0 Å². The number of benzene rings is 1. The van der Waals surface area contributed by atoms with Crippen LogP contribution < -0.4 is 0 Å². The van der Waals surface area contributed by atoms with E-state index in [0.717, 1.165) is 11.8 Å². The van der Waals surface area contributed by atoms with E-state index in [9.17, 15) is 15.0 Å². The first-order chi connectivity index (χ1) is 9.56. The Bertz CT molecular complexity index is 508. The zero-order valence-corrected chi connectivity index (χ0v) is 11.7. The molecule has 1 aromatic rings. The fraction of sp³-hybridized carbons (Fsp3) is 0.562. The van der Waals surface area contributed by atoms with Crippen molar-refractivity contribution in [2.75, 3.05) is 13.6 Å². The van der Waals surface area contributed by atoms with Crippen molar-refractivity contribution in [1.82, 2.24) is 4.90 Å². The first-order valence-electron chi connectivity index (χ1n) is 7.32. The number of phenols is 2. The highest BCUT2D eigenvalue weighted by Crippen LogP contribution is 2.48. The Morgan fingerprint density at radius 3 is 2.50 bits per heavy atom. The standard InChI is InChI=1S/C16H21NO3/c1-17(9-12-8-10-5-6-11(12)7-10)16(20)15-13(18)3-2-4-14(15)19/h2-4,10-12,18-19H,5-9H2,1H3. The van der Waals surface area contributed by atoms with Crippen molar-refractivity contribution in [1.29, 1.82) is 0 Å². The van der Waals surface area contributed by atoms with Crippen LogP contribution in [0, 0.1) is 17.8 Å². The summed E-state index contributed by atoms with van der Waals surface area (Å²) in [5.41, 5.74) is 0.0122. The molecule has 2 aliphatic rings. The lowest BCUT2D eigenvalue weighted by Gasteiger charge is -2.27.